The third-order valence-electron chi connectivity index (χ3n) is 7.42. The summed E-state index contributed by atoms with van der Waals surface area (Å²) in [5.41, 5.74) is 2.49. The maximum Gasteiger partial charge on any atom is 0.336 e. The van der Waals surface area contributed by atoms with Crippen LogP contribution in [0.3, 0.4) is 0 Å². The molecule has 1 aliphatic carbocycles. The van der Waals surface area contributed by atoms with E-state index in [1.54, 1.807) is 43.4 Å². The van der Waals surface area contributed by atoms with Crippen molar-refractivity contribution in [2.24, 2.45) is 14.1 Å². The molecule has 11 heteroatoms. The van der Waals surface area contributed by atoms with Gasteiger partial charge in [0.1, 0.15) is 11.6 Å². The second kappa shape index (κ2) is 9.97. The first kappa shape index (κ1) is 26.4. The van der Waals surface area contributed by atoms with Gasteiger partial charge >= 0.3 is 11.7 Å². The molecular formula is C31H22N4O7. The van der Waals surface area contributed by atoms with Crippen LogP contribution in [0.4, 0.5) is 11.5 Å². The molecule has 0 radical (unpaired) electrons. The van der Waals surface area contributed by atoms with Gasteiger partial charge in [0.2, 0.25) is 0 Å². The lowest BCUT2D eigenvalue weighted by Crippen LogP contribution is -2.42. The molecule has 4 aromatic rings. The quantitative estimate of drug-likeness (QED) is 0.127. The number of carbonyl (C=O) groups excluding carboxylic acids is 2. The molecule has 0 spiro atoms. The van der Waals surface area contributed by atoms with Crippen LogP contribution < -0.4 is 21.3 Å². The van der Waals surface area contributed by atoms with Crippen molar-refractivity contribution >= 4 is 35.0 Å². The first-order valence-corrected chi connectivity index (χ1v) is 12.8. The van der Waals surface area contributed by atoms with E-state index in [1.807, 2.05) is 12.1 Å². The highest BCUT2D eigenvalue weighted by molar-refractivity contribution is 6.23. The Bertz CT molecular complexity index is 2000. The third kappa shape index (κ3) is 4.24. The largest absolute Gasteiger partial charge is 0.423 e. The number of nitrogens with zero attached hydrogens (tertiary/aromatic N) is 3. The van der Waals surface area contributed by atoms with Crippen molar-refractivity contribution in [1.82, 2.24) is 9.13 Å². The molecule has 2 aliphatic rings. The van der Waals surface area contributed by atoms with Crippen LogP contribution in [0.5, 0.6) is 5.75 Å². The predicted octanol–water partition coefficient (Wildman–Crippen LogP) is 3.78. The second-order valence-electron chi connectivity index (χ2n) is 9.86. The summed E-state index contributed by atoms with van der Waals surface area (Å²) in [5.74, 6) is -1.12. The lowest BCUT2D eigenvalue weighted by Gasteiger charge is -2.29. The van der Waals surface area contributed by atoms with Crippen LogP contribution in [0.2, 0.25) is 0 Å². The molecule has 0 saturated heterocycles. The number of hydrogen-bond acceptors (Lipinski definition) is 8. The average Bonchev–Trinajstić information content (AvgIpc) is 3.29. The molecule has 0 unspecified atom stereocenters. The average molecular weight is 563 g/mol. The topological polar surface area (TPSA) is 143 Å². The van der Waals surface area contributed by atoms with Gasteiger partial charge in [-0.25, -0.2) is 9.59 Å². The van der Waals surface area contributed by atoms with Crippen LogP contribution in [0.25, 0.3) is 11.8 Å². The summed E-state index contributed by atoms with van der Waals surface area (Å²) in [5, 5.41) is 14.0. The molecule has 0 saturated carbocycles. The molecule has 208 valence electrons. The van der Waals surface area contributed by atoms with Gasteiger partial charge in [-0.15, -0.1) is 0 Å². The minimum Gasteiger partial charge on any atom is -0.423 e. The van der Waals surface area contributed by atoms with Gasteiger partial charge in [0.15, 0.2) is 5.78 Å². The van der Waals surface area contributed by atoms with Crippen molar-refractivity contribution in [3.63, 3.8) is 0 Å². The Labute approximate surface area is 237 Å². The molecule has 6 rings (SSSR count). The molecule has 1 aromatic heterocycles. The predicted molar refractivity (Wildman–Crippen MR) is 154 cm³/mol. The number of hydrogen-bond donors (Lipinski definition) is 1. The molecule has 2 heterocycles. The Kier molecular flexibility index (Phi) is 6.26. The number of non-ortho nitro benzene ring substituents is 1. The monoisotopic (exact) mass is 562 g/mol. The van der Waals surface area contributed by atoms with Gasteiger partial charge in [-0.05, 0) is 41.5 Å². The number of nitrogens with one attached hydrogen (secondary N) is 1. The number of ether oxygens (including phenoxy) is 1. The maximum atomic E-state index is 13.6. The Morgan fingerprint density at radius 1 is 0.929 bits per heavy atom. The summed E-state index contributed by atoms with van der Waals surface area (Å²) in [6, 6.07) is 19.3. The fraction of sp³-hybridized carbons (Fsp3) is 0.0968. The first-order chi connectivity index (χ1) is 20.2. The zero-order valence-corrected chi connectivity index (χ0v) is 22.4. The van der Waals surface area contributed by atoms with Gasteiger partial charge in [0.05, 0.1) is 16.2 Å². The fourth-order valence-electron chi connectivity index (χ4n) is 5.34. The van der Waals surface area contributed by atoms with Gasteiger partial charge in [-0.3, -0.25) is 28.8 Å². The van der Waals surface area contributed by atoms with Crippen molar-refractivity contribution in [2.45, 2.75) is 5.92 Å². The van der Waals surface area contributed by atoms with Gasteiger partial charge in [-0.1, -0.05) is 36.4 Å². The Hall–Kier alpha value is -5.84. The third-order valence-corrected chi connectivity index (χ3v) is 7.42. The molecule has 3 aromatic carbocycles. The van der Waals surface area contributed by atoms with E-state index < -0.39 is 28.1 Å². The number of fused-ring (bicyclic) bond motifs is 3. The molecule has 1 N–H and O–H groups in total. The smallest absolute Gasteiger partial charge is 0.336 e. The van der Waals surface area contributed by atoms with Crippen molar-refractivity contribution in [1.29, 1.82) is 0 Å². The molecule has 1 aliphatic heterocycles. The standard InChI is InChI=1S/C31H22N4O7/c1-33-29-26(30(38)34(2)31(33)39)24(25-27(32-29)21-5-3-4-6-22(21)28(25)37)18-10-14-20(15-11-18)42-23(36)16-9-17-7-12-19(13-8-17)35(40)41/h3-16,24,32H,1-2H3/b16-9+/t24-/m1/s1. The number of anilines is 1. The van der Waals surface area contributed by atoms with Gasteiger partial charge in [-0.2, -0.15) is 0 Å². The Morgan fingerprint density at radius 3 is 2.26 bits per heavy atom. The van der Waals surface area contributed by atoms with Crippen LogP contribution in [0.1, 0.15) is 38.5 Å². The van der Waals surface area contributed by atoms with E-state index in [-0.39, 0.29) is 22.8 Å². The first-order valence-electron chi connectivity index (χ1n) is 12.8. The summed E-state index contributed by atoms with van der Waals surface area (Å²) in [6.45, 7) is 0. The van der Waals surface area contributed by atoms with E-state index in [2.05, 4.69) is 5.32 Å². The normalized spacial score (nSPS) is 15.2. The number of benzene rings is 3. The number of aromatic nitrogens is 2. The van der Waals surface area contributed by atoms with Crippen LogP contribution >= 0.6 is 0 Å². The van der Waals surface area contributed by atoms with Crippen molar-refractivity contribution in [3.05, 3.63) is 143 Å². The molecule has 0 fully saturated rings. The van der Waals surface area contributed by atoms with Gasteiger partial charge < -0.3 is 10.1 Å². The highest BCUT2D eigenvalue weighted by atomic mass is 16.6. The second-order valence-corrected chi connectivity index (χ2v) is 9.86. The fourth-order valence-corrected chi connectivity index (χ4v) is 5.34. The molecule has 11 nitrogen and oxygen atoms in total. The number of carbonyl (C=O) groups is 2. The van der Waals surface area contributed by atoms with E-state index in [9.17, 15) is 29.3 Å². The molecular weight excluding hydrogens is 540 g/mol. The molecule has 0 bridgehead atoms. The number of rotatable bonds is 5. The SMILES string of the molecule is Cn1c2c(c(=O)n(C)c1=O)[C@H](c1ccc(OC(=O)/C=C/c3ccc([N+](=O)[O-])cc3)cc1)C1=C(N2)c2ccccc2C1=O. The zero-order chi connectivity index (χ0) is 29.7. The number of esters is 1. The van der Waals surface area contributed by atoms with E-state index >= 15 is 0 Å². The van der Waals surface area contributed by atoms with Crippen molar-refractivity contribution in [2.75, 3.05) is 5.32 Å². The van der Waals surface area contributed by atoms with Crippen LogP contribution in [0, 0.1) is 10.1 Å². The molecule has 0 amide bonds. The highest BCUT2D eigenvalue weighted by Gasteiger charge is 2.42. The number of ketones is 1. The van der Waals surface area contributed by atoms with E-state index in [4.69, 9.17) is 4.74 Å². The minimum absolute atomic E-state index is 0.0580. The van der Waals surface area contributed by atoms with Crippen LogP contribution in [0.15, 0.2) is 94.0 Å². The number of nitro groups is 1. The number of allylic oxidation sites excluding steroid dienone is 1. The molecule has 1 atom stereocenters. The summed E-state index contributed by atoms with van der Waals surface area (Å²) in [6.07, 6.45) is 2.68. The lowest BCUT2D eigenvalue weighted by molar-refractivity contribution is -0.384. The van der Waals surface area contributed by atoms with E-state index in [0.717, 1.165) is 4.57 Å². The summed E-state index contributed by atoms with van der Waals surface area (Å²) in [4.78, 5) is 62.6. The van der Waals surface area contributed by atoms with Gasteiger partial charge in [0.25, 0.3) is 11.2 Å². The maximum absolute atomic E-state index is 13.6. The summed E-state index contributed by atoms with van der Waals surface area (Å²) in [7, 11) is 2.95. The number of Topliss-reactive ketones (excluding diaryl/α,β-unsaturated/α-hetero) is 1. The minimum atomic E-state index is -0.784. The van der Waals surface area contributed by atoms with Crippen LogP contribution in [-0.2, 0) is 18.9 Å². The van der Waals surface area contributed by atoms with Crippen molar-refractivity contribution < 1.29 is 19.2 Å². The van der Waals surface area contributed by atoms with Crippen molar-refractivity contribution in [3.8, 4) is 5.75 Å². The summed E-state index contributed by atoms with van der Waals surface area (Å²) < 4.78 is 7.78. The highest BCUT2D eigenvalue weighted by Crippen LogP contribution is 2.47. The van der Waals surface area contributed by atoms with Crippen LogP contribution in [-0.4, -0.2) is 25.8 Å². The summed E-state index contributed by atoms with van der Waals surface area (Å²) >= 11 is 0. The number of nitro benzene ring substituents is 1. The molecule has 42 heavy (non-hydrogen) atoms. The Balaban J connectivity index is 1.34. The van der Waals surface area contributed by atoms with Gasteiger partial charge in [0, 0.05) is 54.9 Å². The van der Waals surface area contributed by atoms with E-state index in [1.165, 1.54) is 48.0 Å². The zero-order valence-electron chi connectivity index (χ0n) is 22.4. The lowest BCUT2D eigenvalue weighted by atomic mass is 9.81. The Morgan fingerprint density at radius 2 is 1.60 bits per heavy atom. The van der Waals surface area contributed by atoms with E-state index in [0.29, 0.717) is 39.3 Å².